The Hall–Kier alpha value is -0.0600. The van der Waals surface area contributed by atoms with Gasteiger partial charge in [-0.05, 0) is 6.26 Å². The Morgan fingerprint density at radius 2 is 2.55 bits per heavy atom. The molecule has 1 heterocycles. The lowest BCUT2D eigenvalue weighted by molar-refractivity contribution is 0.745. The summed E-state index contributed by atoms with van der Waals surface area (Å²) in [6, 6.07) is 0. The van der Waals surface area contributed by atoms with E-state index in [1.165, 1.54) is 0 Å². The average molecular weight is 188 g/mol. The fraction of sp³-hybridized carbons (Fsp3) is 0.571. The molecule has 0 aliphatic heterocycles. The van der Waals surface area contributed by atoms with Crippen molar-refractivity contribution in [2.24, 2.45) is 5.73 Å². The third-order valence-corrected chi connectivity index (χ3v) is 3.42. The predicted molar refractivity (Wildman–Crippen MR) is 51.4 cm³/mol. The zero-order chi connectivity index (χ0) is 8.27. The maximum Gasteiger partial charge on any atom is 0.149 e. The average Bonchev–Trinajstić information content (AvgIpc) is 2.50. The Kier molecular flexibility index (Phi) is 3.36. The second-order valence-electron chi connectivity index (χ2n) is 2.38. The van der Waals surface area contributed by atoms with Crippen LogP contribution in [0.1, 0.15) is 18.5 Å². The molecular weight excluding hydrogens is 176 g/mol. The maximum absolute atomic E-state index is 5.51. The molecular formula is C7H12N2S2. The van der Waals surface area contributed by atoms with Crippen LogP contribution in [0.4, 0.5) is 0 Å². The summed E-state index contributed by atoms with van der Waals surface area (Å²) in [5, 5.41) is 2.09. The van der Waals surface area contributed by atoms with Crippen LogP contribution in [0.25, 0.3) is 0 Å². The van der Waals surface area contributed by atoms with Gasteiger partial charge in [-0.25, -0.2) is 4.98 Å². The van der Waals surface area contributed by atoms with Crippen LogP contribution in [0.2, 0.25) is 0 Å². The molecule has 1 rings (SSSR count). The van der Waals surface area contributed by atoms with Crippen molar-refractivity contribution in [3.05, 3.63) is 11.1 Å². The molecule has 0 aliphatic rings. The lowest BCUT2D eigenvalue weighted by Gasteiger charge is -2.01. The highest BCUT2D eigenvalue weighted by atomic mass is 32.2. The fourth-order valence-electron chi connectivity index (χ4n) is 0.710. The van der Waals surface area contributed by atoms with Gasteiger partial charge in [-0.1, -0.05) is 18.7 Å². The van der Waals surface area contributed by atoms with Gasteiger partial charge in [0.05, 0.1) is 5.69 Å². The van der Waals surface area contributed by atoms with Gasteiger partial charge in [0.25, 0.3) is 0 Å². The van der Waals surface area contributed by atoms with Crippen LogP contribution in [0, 0.1) is 0 Å². The summed E-state index contributed by atoms with van der Waals surface area (Å²) in [6.07, 6.45) is 2.04. The van der Waals surface area contributed by atoms with Crippen LogP contribution >= 0.6 is 23.1 Å². The van der Waals surface area contributed by atoms with E-state index >= 15 is 0 Å². The van der Waals surface area contributed by atoms with E-state index in [1.807, 2.05) is 6.26 Å². The van der Waals surface area contributed by atoms with Crippen molar-refractivity contribution in [1.29, 1.82) is 0 Å². The number of nitrogens with two attached hydrogens (primary N) is 1. The van der Waals surface area contributed by atoms with E-state index in [2.05, 4.69) is 17.3 Å². The molecule has 62 valence electrons. The van der Waals surface area contributed by atoms with Crippen molar-refractivity contribution in [3.63, 3.8) is 0 Å². The Morgan fingerprint density at radius 1 is 1.82 bits per heavy atom. The largest absolute Gasteiger partial charge is 0.330 e. The fourth-order valence-corrected chi connectivity index (χ4v) is 2.10. The normalized spacial score (nSPS) is 13.4. The maximum atomic E-state index is 5.51. The Morgan fingerprint density at radius 3 is 3.00 bits per heavy atom. The second kappa shape index (κ2) is 4.09. The lowest BCUT2D eigenvalue weighted by atomic mass is 10.1. The monoisotopic (exact) mass is 188 g/mol. The zero-order valence-corrected chi connectivity index (χ0v) is 8.34. The summed E-state index contributed by atoms with van der Waals surface area (Å²) in [4.78, 5) is 4.40. The Labute approximate surface area is 75.2 Å². The number of aromatic nitrogens is 1. The topological polar surface area (TPSA) is 38.9 Å². The number of thioether (sulfide) groups is 1. The van der Waals surface area contributed by atoms with Gasteiger partial charge in [0, 0.05) is 17.8 Å². The molecule has 2 N–H and O–H groups in total. The molecule has 1 unspecified atom stereocenters. The summed E-state index contributed by atoms with van der Waals surface area (Å²) in [6.45, 7) is 2.77. The van der Waals surface area contributed by atoms with Gasteiger partial charge < -0.3 is 5.73 Å². The van der Waals surface area contributed by atoms with Crippen molar-refractivity contribution in [2.75, 3.05) is 12.8 Å². The minimum atomic E-state index is 0.396. The van der Waals surface area contributed by atoms with Gasteiger partial charge >= 0.3 is 0 Å². The van der Waals surface area contributed by atoms with E-state index in [0.717, 1.165) is 10.0 Å². The molecule has 1 aromatic heterocycles. The summed E-state index contributed by atoms with van der Waals surface area (Å²) in [5.74, 6) is 0.396. The first kappa shape index (κ1) is 9.03. The smallest absolute Gasteiger partial charge is 0.149 e. The van der Waals surface area contributed by atoms with Crippen LogP contribution in [-0.4, -0.2) is 17.8 Å². The first-order chi connectivity index (χ1) is 5.27. The predicted octanol–water partition coefficient (Wildman–Crippen LogP) is 1.93. The second-order valence-corrected chi connectivity index (χ2v) is 4.29. The standard InChI is InChI=1S/C7H12N2S2/c1-5(3-8)6-4-11-7(9-6)10-2/h4-5H,3,8H2,1-2H3. The molecule has 0 saturated heterocycles. The van der Waals surface area contributed by atoms with Gasteiger partial charge in [-0.3, -0.25) is 0 Å². The van der Waals surface area contributed by atoms with Crippen LogP contribution in [0.15, 0.2) is 9.72 Å². The summed E-state index contributed by atoms with van der Waals surface area (Å²) in [5.41, 5.74) is 6.64. The first-order valence-corrected chi connectivity index (χ1v) is 5.58. The number of hydrogen-bond acceptors (Lipinski definition) is 4. The van der Waals surface area contributed by atoms with E-state index in [9.17, 15) is 0 Å². The van der Waals surface area contributed by atoms with Crippen molar-refractivity contribution in [2.45, 2.75) is 17.2 Å². The molecule has 11 heavy (non-hydrogen) atoms. The number of thiazole rings is 1. The highest BCUT2D eigenvalue weighted by Gasteiger charge is 2.06. The molecule has 0 radical (unpaired) electrons. The van der Waals surface area contributed by atoms with Crippen molar-refractivity contribution < 1.29 is 0 Å². The van der Waals surface area contributed by atoms with Gasteiger partial charge in [0.2, 0.25) is 0 Å². The van der Waals surface area contributed by atoms with Gasteiger partial charge in [0.1, 0.15) is 4.34 Å². The third kappa shape index (κ3) is 2.18. The van der Waals surface area contributed by atoms with E-state index in [0.29, 0.717) is 12.5 Å². The van der Waals surface area contributed by atoms with Crippen LogP contribution < -0.4 is 5.73 Å². The molecule has 0 bridgehead atoms. The first-order valence-electron chi connectivity index (χ1n) is 3.47. The number of hydrogen-bond donors (Lipinski definition) is 1. The highest BCUT2D eigenvalue weighted by Crippen LogP contribution is 2.23. The van der Waals surface area contributed by atoms with Crippen LogP contribution in [0.5, 0.6) is 0 Å². The molecule has 4 heteroatoms. The number of rotatable bonds is 3. The van der Waals surface area contributed by atoms with Crippen molar-refractivity contribution >= 4 is 23.1 Å². The van der Waals surface area contributed by atoms with E-state index < -0.39 is 0 Å². The molecule has 0 spiro atoms. The minimum Gasteiger partial charge on any atom is -0.330 e. The summed E-state index contributed by atoms with van der Waals surface area (Å²) in [7, 11) is 0. The molecule has 0 saturated carbocycles. The zero-order valence-electron chi connectivity index (χ0n) is 6.70. The Bertz CT molecular complexity index is 222. The number of nitrogens with zero attached hydrogens (tertiary/aromatic N) is 1. The van der Waals surface area contributed by atoms with E-state index in [4.69, 9.17) is 5.73 Å². The van der Waals surface area contributed by atoms with Crippen molar-refractivity contribution in [1.82, 2.24) is 4.98 Å². The molecule has 1 aromatic rings. The van der Waals surface area contributed by atoms with Crippen LogP contribution in [0.3, 0.4) is 0 Å². The SMILES string of the molecule is CSc1nc(C(C)CN)cs1. The van der Waals surface area contributed by atoms with Crippen molar-refractivity contribution in [3.8, 4) is 0 Å². The van der Waals surface area contributed by atoms with Gasteiger partial charge in [-0.15, -0.1) is 11.3 Å². The molecule has 0 fully saturated rings. The Balaban J connectivity index is 2.71. The highest BCUT2D eigenvalue weighted by molar-refractivity contribution is 8.00. The van der Waals surface area contributed by atoms with Crippen LogP contribution in [-0.2, 0) is 0 Å². The molecule has 1 atom stereocenters. The lowest BCUT2D eigenvalue weighted by Crippen LogP contribution is -2.08. The summed E-state index contributed by atoms with van der Waals surface area (Å²) < 4.78 is 1.13. The third-order valence-electron chi connectivity index (χ3n) is 1.53. The molecule has 0 aliphatic carbocycles. The van der Waals surface area contributed by atoms with E-state index in [1.54, 1.807) is 23.1 Å². The molecule has 2 nitrogen and oxygen atoms in total. The van der Waals surface area contributed by atoms with Gasteiger partial charge in [0.15, 0.2) is 0 Å². The van der Waals surface area contributed by atoms with Gasteiger partial charge in [-0.2, -0.15) is 0 Å². The quantitative estimate of drug-likeness (QED) is 0.737. The molecule has 0 aromatic carbocycles. The molecule has 0 amide bonds. The summed E-state index contributed by atoms with van der Waals surface area (Å²) >= 11 is 3.37. The van der Waals surface area contributed by atoms with E-state index in [-0.39, 0.29) is 0 Å². The minimum absolute atomic E-state index is 0.396.